The van der Waals surface area contributed by atoms with Crippen molar-refractivity contribution in [2.24, 2.45) is 14.1 Å². The average molecular weight is 255 g/mol. The topological polar surface area (TPSA) is 76.3 Å². The van der Waals surface area contributed by atoms with Gasteiger partial charge in [0.25, 0.3) is 5.56 Å². The molecule has 0 fully saturated rings. The Morgan fingerprint density at radius 1 is 1.33 bits per heavy atom. The van der Waals surface area contributed by atoms with Crippen molar-refractivity contribution in [2.45, 2.75) is 39.0 Å². The Kier molecular flexibility index (Phi) is 4.13. The highest BCUT2D eigenvalue weighted by Crippen LogP contribution is 2.09. The average Bonchev–Trinajstić information content (AvgIpc) is 2.29. The first-order valence-corrected chi connectivity index (χ1v) is 5.86. The Hall–Kier alpha value is -1.40. The van der Waals surface area contributed by atoms with Crippen LogP contribution < -0.4 is 16.6 Å². The van der Waals surface area contributed by atoms with Crippen molar-refractivity contribution in [3.63, 3.8) is 0 Å². The van der Waals surface area contributed by atoms with Crippen molar-refractivity contribution in [3.05, 3.63) is 32.6 Å². The molecular weight excluding hydrogens is 234 g/mol. The van der Waals surface area contributed by atoms with E-state index in [4.69, 9.17) is 0 Å². The number of nitrogens with zero attached hydrogens (tertiary/aromatic N) is 2. The summed E-state index contributed by atoms with van der Waals surface area (Å²) in [5, 5.41) is 12.7. The molecule has 102 valence electrons. The fourth-order valence-electron chi connectivity index (χ4n) is 1.41. The van der Waals surface area contributed by atoms with Gasteiger partial charge in [0.05, 0.1) is 6.10 Å². The van der Waals surface area contributed by atoms with Gasteiger partial charge >= 0.3 is 5.69 Å². The van der Waals surface area contributed by atoms with E-state index in [1.807, 2.05) is 13.8 Å². The number of aliphatic hydroxyl groups excluding tert-OH is 1. The molecule has 1 aromatic rings. The summed E-state index contributed by atoms with van der Waals surface area (Å²) in [4.78, 5) is 23.3. The maximum atomic E-state index is 11.7. The van der Waals surface area contributed by atoms with Crippen LogP contribution in [-0.4, -0.2) is 25.9 Å². The van der Waals surface area contributed by atoms with Crippen LogP contribution in [0.4, 0.5) is 0 Å². The molecule has 1 heterocycles. The van der Waals surface area contributed by atoms with Gasteiger partial charge in [-0.3, -0.25) is 13.9 Å². The maximum absolute atomic E-state index is 11.7. The van der Waals surface area contributed by atoms with E-state index in [0.29, 0.717) is 12.2 Å². The van der Waals surface area contributed by atoms with Gasteiger partial charge in [0.2, 0.25) is 0 Å². The third-order valence-electron chi connectivity index (χ3n) is 3.39. The molecule has 6 nitrogen and oxygen atoms in total. The molecule has 0 aliphatic heterocycles. The van der Waals surface area contributed by atoms with Crippen LogP contribution in [0, 0.1) is 0 Å². The van der Waals surface area contributed by atoms with E-state index < -0.39 is 11.6 Å². The summed E-state index contributed by atoms with van der Waals surface area (Å²) in [7, 11) is 3.07. The molecule has 0 spiro atoms. The number of aliphatic hydroxyl groups is 1. The molecule has 0 saturated carbocycles. The van der Waals surface area contributed by atoms with E-state index in [0.717, 1.165) is 4.57 Å². The van der Waals surface area contributed by atoms with Gasteiger partial charge < -0.3 is 10.4 Å². The molecule has 0 aliphatic rings. The van der Waals surface area contributed by atoms with Gasteiger partial charge in [0, 0.05) is 37.9 Å². The van der Waals surface area contributed by atoms with Crippen LogP contribution in [0.1, 0.15) is 26.5 Å². The third-order valence-corrected chi connectivity index (χ3v) is 3.39. The second kappa shape index (κ2) is 5.07. The summed E-state index contributed by atoms with van der Waals surface area (Å²) in [5.74, 6) is 0. The fraction of sp³-hybridized carbons (Fsp3) is 0.667. The molecule has 0 aliphatic carbocycles. The Morgan fingerprint density at radius 2 is 1.89 bits per heavy atom. The Balaban J connectivity index is 3.01. The van der Waals surface area contributed by atoms with Gasteiger partial charge in [-0.2, -0.15) is 0 Å². The minimum atomic E-state index is -0.541. The van der Waals surface area contributed by atoms with Crippen molar-refractivity contribution in [2.75, 3.05) is 0 Å². The molecule has 1 atom stereocenters. The van der Waals surface area contributed by atoms with E-state index >= 15 is 0 Å². The van der Waals surface area contributed by atoms with E-state index in [1.54, 1.807) is 14.0 Å². The number of nitrogens with one attached hydrogen (secondary N) is 1. The Morgan fingerprint density at radius 3 is 2.39 bits per heavy atom. The lowest BCUT2D eigenvalue weighted by molar-refractivity contribution is 0.0951. The molecule has 0 saturated heterocycles. The summed E-state index contributed by atoms with van der Waals surface area (Å²) >= 11 is 0. The second-order valence-electron chi connectivity index (χ2n) is 5.13. The summed E-state index contributed by atoms with van der Waals surface area (Å²) in [5.41, 5.74) is -0.576. The normalized spacial score (nSPS) is 13.7. The van der Waals surface area contributed by atoms with Gasteiger partial charge in [0.1, 0.15) is 0 Å². The van der Waals surface area contributed by atoms with Crippen molar-refractivity contribution in [1.82, 2.24) is 14.5 Å². The Labute approximate surface area is 106 Å². The van der Waals surface area contributed by atoms with Crippen molar-refractivity contribution < 1.29 is 5.11 Å². The highest BCUT2D eigenvalue weighted by molar-refractivity contribution is 5.03. The van der Waals surface area contributed by atoms with Gasteiger partial charge in [-0.1, -0.05) is 0 Å². The molecule has 1 unspecified atom stereocenters. The van der Waals surface area contributed by atoms with E-state index in [-0.39, 0.29) is 11.2 Å². The first-order valence-electron chi connectivity index (χ1n) is 5.86. The van der Waals surface area contributed by atoms with E-state index in [1.165, 1.54) is 17.7 Å². The molecule has 6 heteroatoms. The predicted molar refractivity (Wildman–Crippen MR) is 69.5 cm³/mol. The minimum Gasteiger partial charge on any atom is -0.392 e. The summed E-state index contributed by atoms with van der Waals surface area (Å²) < 4.78 is 2.48. The smallest absolute Gasteiger partial charge is 0.330 e. The molecule has 0 amide bonds. The molecule has 2 N–H and O–H groups in total. The molecule has 0 radical (unpaired) electrons. The number of aromatic nitrogens is 2. The van der Waals surface area contributed by atoms with Gasteiger partial charge in [0.15, 0.2) is 0 Å². The monoisotopic (exact) mass is 255 g/mol. The lowest BCUT2D eigenvalue weighted by Gasteiger charge is -2.29. The van der Waals surface area contributed by atoms with Crippen molar-refractivity contribution >= 4 is 0 Å². The van der Waals surface area contributed by atoms with Crippen LogP contribution in [0.3, 0.4) is 0 Å². The lowest BCUT2D eigenvalue weighted by atomic mass is 9.99. The molecule has 18 heavy (non-hydrogen) atoms. The summed E-state index contributed by atoms with van der Waals surface area (Å²) in [6.07, 6.45) is -0.541. The van der Waals surface area contributed by atoms with Crippen LogP contribution in [-0.2, 0) is 20.6 Å². The van der Waals surface area contributed by atoms with Crippen LogP contribution >= 0.6 is 0 Å². The lowest BCUT2D eigenvalue weighted by Crippen LogP contribution is -2.49. The first-order chi connectivity index (χ1) is 8.16. The van der Waals surface area contributed by atoms with Crippen LogP contribution in [0.2, 0.25) is 0 Å². The SMILES string of the molecule is CC(O)C(C)(C)NCc1cc(=O)n(C)c(=O)n1C. The highest BCUT2D eigenvalue weighted by atomic mass is 16.3. The number of rotatable bonds is 4. The third kappa shape index (κ3) is 2.88. The number of hydrogen-bond acceptors (Lipinski definition) is 4. The predicted octanol–water partition coefficient (Wildman–Crippen LogP) is -0.667. The van der Waals surface area contributed by atoms with Crippen molar-refractivity contribution in [3.8, 4) is 0 Å². The first kappa shape index (κ1) is 14.7. The fourth-order valence-corrected chi connectivity index (χ4v) is 1.41. The van der Waals surface area contributed by atoms with Crippen molar-refractivity contribution in [1.29, 1.82) is 0 Å². The van der Waals surface area contributed by atoms with Crippen LogP contribution in [0.25, 0.3) is 0 Å². The van der Waals surface area contributed by atoms with Gasteiger partial charge in [-0.25, -0.2) is 4.79 Å². The quantitative estimate of drug-likeness (QED) is 0.748. The van der Waals surface area contributed by atoms with E-state index in [2.05, 4.69) is 5.32 Å². The molecule has 0 bridgehead atoms. The van der Waals surface area contributed by atoms with Crippen LogP contribution in [0.15, 0.2) is 15.7 Å². The molecule has 1 rings (SSSR count). The second-order valence-corrected chi connectivity index (χ2v) is 5.13. The zero-order valence-electron chi connectivity index (χ0n) is 11.5. The molecular formula is C12H21N3O3. The largest absolute Gasteiger partial charge is 0.392 e. The minimum absolute atomic E-state index is 0.329. The summed E-state index contributed by atoms with van der Waals surface area (Å²) in [6.45, 7) is 5.75. The Bertz CT molecular complexity index is 540. The van der Waals surface area contributed by atoms with E-state index in [9.17, 15) is 14.7 Å². The maximum Gasteiger partial charge on any atom is 0.330 e. The van der Waals surface area contributed by atoms with Crippen LogP contribution in [0.5, 0.6) is 0 Å². The standard InChI is InChI=1S/C12H21N3O3/c1-8(16)12(2,3)13-7-9-6-10(17)15(5)11(18)14(9)4/h6,8,13,16H,7H2,1-5H3. The summed E-state index contributed by atoms with van der Waals surface area (Å²) in [6, 6.07) is 1.42. The van der Waals surface area contributed by atoms with Gasteiger partial charge in [-0.15, -0.1) is 0 Å². The highest BCUT2D eigenvalue weighted by Gasteiger charge is 2.23. The zero-order chi connectivity index (χ0) is 14.1. The molecule has 0 aromatic carbocycles. The number of hydrogen-bond donors (Lipinski definition) is 2. The van der Waals surface area contributed by atoms with Gasteiger partial charge in [-0.05, 0) is 20.8 Å². The zero-order valence-corrected chi connectivity index (χ0v) is 11.5. The molecule has 1 aromatic heterocycles.